The van der Waals surface area contributed by atoms with Crippen molar-refractivity contribution in [3.63, 3.8) is 0 Å². The normalized spacial score (nSPS) is 11.2. The Hall–Kier alpha value is -3.54. The fraction of sp³-hybridized carbons (Fsp3) is 0.167. The van der Waals surface area contributed by atoms with Crippen LogP contribution in [0.1, 0.15) is 28.4 Å². The molecule has 0 radical (unpaired) electrons. The summed E-state index contributed by atoms with van der Waals surface area (Å²) in [5.74, 6) is -2.74. The largest absolute Gasteiger partial charge is 0.419 e. The molecule has 3 aromatic carbocycles. The number of oxazole rings is 1. The summed E-state index contributed by atoms with van der Waals surface area (Å²) in [5.41, 5.74) is 4.18. The minimum atomic E-state index is -0.859. The SMILES string of the molecule is CCc1c(-c2ccc(CC(=O)c3c(F)cccc3F)cc2)ccc2c1oc(=O)n2C. The fourth-order valence-electron chi connectivity index (χ4n) is 3.71. The molecule has 0 unspecified atom stereocenters. The van der Waals surface area contributed by atoms with Crippen molar-refractivity contribution in [2.24, 2.45) is 7.05 Å². The van der Waals surface area contributed by atoms with Crippen LogP contribution in [0.5, 0.6) is 0 Å². The van der Waals surface area contributed by atoms with Crippen LogP contribution in [0.3, 0.4) is 0 Å². The van der Waals surface area contributed by atoms with Crippen LogP contribution in [-0.4, -0.2) is 10.4 Å². The molecule has 0 fully saturated rings. The van der Waals surface area contributed by atoms with Crippen LogP contribution in [0.4, 0.5) is 8.78 Å². The molecule has 0 spiro atoms. The number of hydrogen-bond acceptors (Lipinski definition) is 3. The van der Waals surface area contributed by atoms with Crippen LogP contribution in [-0.2, 0) is 19.9 Å². The molecule has 4 rings (SSSR count). The van der Waals surface area contributed by atoms with Crippen LogP contribution in [0.25, 0.3) is 22.2 Å². The van der Waals surface area contributed by atoms with Gasteiger partial charge in [-0.15, -0.1) is 0 Å². The van der Waals surface area contributed by atoms with Gasteiger partial charge >= 0.3 is 5.76 Å². The molecule has 0 N–H and O–H groups in total. The van der Waals surface area contributed by atoms with Crippen LogP contribution in [0, 0.1) is 11.6 Å². The number of carbonyl (C=O) groups excluding carboxylic acids is 1. The van der Waals surface area contributed by atoms with Crippen LogP contribution < -0.4 is 5.76 Å². The maximum absolute atomic E-state index is 13.8. The molecule has 4 nitrogen and oxygen atoms in total. The Morgan fingerprint density at radius 3 is 2.30 bits per heavy atom. The second kappa shape index (κ2) is 7.71. The van der Waals surface area contributed by atoms with Gasteiger partial charge in [-0.25, -0.2) is 13.6 Å². The Kier molecular flexibility index (Phi) is 5.08. The van der Waals surface area contributed by atoms with Crippen molar-refractivity contribution >= 4 is 16.9 Å². The number of nitrogens with zero attached hydrogens (tertiary/aromatic N) is 1. The van der Waals surface area contributed by atoms with Crippen molar-refractivity contribution in [1.82, 2.24) is 4.57 Å². The third-order valence-electron chi connectivity index (χ3n) is 5.29. The third-order valence-corrected chi connectivity index (χ3v) is 5.29. The zero-order valence-electron chi connectivity index (χ0n) is 16.5. The van der Waals surface area contributed by atoms with Gasteiger partial charge in [-0.2, -0.15) is 0 Å². The molecule has 30 heavy (non-hydrogen) atoms. The van der Waals surface area contributed by atoms with Crippen LogP contribution in [0.15, 0.2) is 63.8 Å². The second-order valence-electron chi connectivity index (χ2n) is 7.11. The molecule has 0 bridgehead atoms. The summed E-state index contributed by atoms with van der Waals surface area (Å²) in [4.78, 5) is 24.2. The van der Waals surface area contributed by atoms with E-state index in [0.717, 1.165) is 34.3 Å². The molecule has 0 saturated heterocycles. The first-order chi connectivity index (χ1) is 14.4. The van der Waals surface area contributed by atoms with E-state index in [4.69, 9.17) is 4.42 Å². The van der Waals surface area contributed by atoms with Crippen molar-refractivity contribution < 1.29 is 18.0 Å². The quantitative estimate of drug-likeness (QED) is 0.434. The van der Waals surface area contributed by atoms with Gasteiger partial charge in [0.25, 0.3) is 0 Å². The number of rotatable bonds is 5. The van der Waals surface area contributed by atoms with E-state index < -0.39 is 28.7 Å². The molecule has 6 heteroatoms. The average molecular weight is 407 g/mol. The minimum Gasteiger partial charge on any atom is -0.407 e. The summed E-state index contributed by atoms with van der Waals surface area (Å²) < 4.78 is 34.6. The zero-order valence-corrected chi connectivity index (χ0v) is 16.5. The summed E-state index contributed by atoms with van der Waals surface area (Å²) in [6, 6.07) is 14.4. The average Bonchev–Trinajstić information content (AvgIpc) is 3.02. The lowest BCUT2D eigenvalue weighted by molar-refractivity contribution is 0.0985. The Morgan fingerprint density at radius 1 is 1.00 bits per heavy atom. The Morgan fingerprint density at radius 2 is 1.67 bits per heavy atom. The van der Waals surface area contributed by atoms with Gasteiger partial charge in [-0.3, -0.25) is 9.36 Å². The first-order valence-electron chi connectivity index (χ1n) is 9.58. The van der Waals surface area contributed by atoms with Gasteiger partial charge < -0.3 is 4.42 Å². The van der Waals surface area contributed by atoms with Gasteiger partial charge in [0.2, 0.25) is 0 Å². The molecular weight excluding hydrogens is 388 g/mol. The van der Waals surface area contributed by atoms with Gasteiger partial charge in [-0.05, 0) is 41.3 Å². The highest BCUT2D eigenvalue weighted by Crippen LogP contribution is 2.30. The molecule has 0 atom stereocenters. The van der Waals surface area contributed by atoms with Crippen molar-refractivity contribution in [3.05, 3.63) is 93.5 Å². The number of hydrogen-bond donors (Lipinski definition) is 0. The molecule has 0 amide bonds. The van der Waals surface area contributed by atoms with E-state index in [1.807, 2.05) is 31.2 Å². The van der Waals surface area contributed by atoms with Crippen molar-refractivity contribution in [3.8, 4) is 11.1 Å². The van der Waals surface area contributed by atoms with E-state index >= 15 is 0 Å². The van der Waals surface area contributed by atoms with Crippen LogP contribution >= 0.6 is 0 Å². The number of ketones is 1. The van der Waals surface area contributed by atoms with Gasteiger partial charge in [0.1, 0.15) is 11.6 Å². The molecule has 0 aliphatic carbocycles. The van der Waals surface area contributed by atoms with Gasteiger partial charge in [0.05, 0.1) is 11.1 Å². The topological polar surface area (TPSA) is 52.2 Å². The number of benzene rings is 3. The Labute approximate surface area is 171 Å². The predicted molar refractivity (Wildman–Crippen MR) is 111 cm³/mol. The maximum Gasteiger partial charge on any atom is 0.419 e. The molecule has 0 saturated carbocycles. The third kappa shape index (κ3) is 3.34. The van der Waals surface area contributed by atoms with E-state index in [1.165, 1.54) is 10.6 Å². The monoisotopic (exact) mass is 407 g/mol. The predicted octanol–water partition coefficient (Wildman–Crippen LogP) is 5.06. The van der Waals surface area contributed by atoms with Crippen molar-refractivity contribution in [2.45, 2.75) is 19.8 Å². The lowest BCUT2D eigenvalue weighted by Gasteiger charge is -2.10. The summed E-state index contributed by atoms with van der Waals surface area (Å²) in [6.07, 6.45) is 0.567. The highest BCUT2D eigenvalue weighted by atomic mass is 19.1. The first kappa shape index (κ1) is 19.8. The highest BCUT2D eigenvalue weighted by Gasteiger charge is 2.18. The highest BCUT2D eigenvalue weighted by molar-refractivity contribution is 5.98. The van der Waals surface area contributed by atoms with Gasteiger partial charge in [0.15, 0.2) is 11.4 Å². The summed E-state index contributed by atoms with van der Waals surface area (Å²) in [5, 5.41) is 0. The summed E-state index contributed by atoms with van der Waals surface area (Å²) >= 11 is 0. The van der Waals surface area contributed by atoms with E-state index in [2.05, 4.69) is 0 Å². The molecule has 0 aliphatic heterocycles. The second-order valence-corrected chi connectivity index (χ2v) is 7.11. The number of aryl methyl sites for hydroxylation is 2. The van der Waals surface area contributed by atoms with Crippen molar-refractivity contribution in [1.29, 1.82) is 0 Å². The molecule has 152 valence electrons. The van der Waals surface area contributed by atoms with Gasteiger partial charge in [-0.1, -0.05) is 43.3 Å². The molecule has 1 aromatic heterocycles. The molecule has 0 aliphatic rings. The summed E-state index contributed by atoms with van der Waals surface area (Å²) in [7, 11) is 1.66. The van der Waals surface area contributed by atoms with Crippen molar-refractivity contribution in [2.75, 3.05) is 0 Å². The van der Waals surface area contributed by atoms with Crippen LogP contribution in [0.2, 0.25) is 0 Å². The van der Waals surface area contributed by atoms with E-state index in [0.29, 0.717) is 17.6 Å². The minimum absolute atomic E-state index is 0.106. The Balaban J connectivity index is 1.66. The smallest absolute Gasteiger partial charge is 0.407 e. The molecular formula is C24H19F2NO3. The zero-order chi connectivity index (χ0) is 21.4. The maximum atomic E-state index is 13.8. The molecule has 1 heterocycles. The number of Topliss-reactive ketones (excluding diaryl/α,β-unsaturated/α-hetero) is 1. The first-order valence-corrected chi connectivity index (χ1v) is 9.58. The number of aromatic nitrogens is 1. The standard InChI is InChI=1S/C24H19F2NO3/c1-3-16-17(11-12-20-23(16)30-24(29)27(20)2)15-9-7-14(8-10-15)13-21(28)22-18(25)5-4-6-19(22)26/h4-12H,3,13H2,1-2H3. The summed E-state index contributed by atoms with van der Waals surface area (Å²) in [6.45, 7) is 1.99. The fourth-order valence-corrected chi connectivity index (χ4v) is 3.71. The van der Waals surface area contributed by atoms with Gasteiger partial charge in [0, 0.05) is 19.0 Å². The molecule has 4 aromatic rings. The Bertz CT molecular complexity index is 1300. The lowest BCUT2D eigenvalue weighted by Crippen LogP contribution is -2.09. The van der Waals surface area contributed by atoms with E-state index in [9.17, 15) is 18.4 Å². The van der Waals surface area contributed by atoms with E-state index in [-0.39, 0.29) is 6.42 Å². The van der Waals surface area contributed by atoms with E-state index in [1.54, 1.807) is 19.2 Å². The number of fused-ring (bicyclic) bond motifs is 1. The number of carbonyl (C=O) groups is 1. The number of halogens is 2. The lowest BCUT2D eigenvalue weighted by atomic mass is 9.95.